The van der Waals surface area contributed by atoms with Crippen LogP contribution in [-0.4, -0.2) is 135 Å². The van der Waals surface area contributed by atoms with Crippen molar-refractivity contribution in [3.63, 3.8) is 0 Å². The summed E-state index contributed by atoms with van der Waals surface area (Å²) in [6, 6.07) is 0. The first-order chi connectivity index (χ1) is 17.6. The van der Waals surface area contributed by atoms with Gasteiger partial charge in [-0.2, -0.15) is 0 Å². The van der Waals surface area contributed by atoms with E-state index in [4.69, 9.17) is 0 Å². The molecule has 0 heterocycles. The van der Waals surface area contributed by atoms with Gasteiger partial charge in [0.1, 0.15) is 13.1 Å². The Morgan fingerprint density at radius 2 is 0.949 bits per heavy atom. The molecule has 0 saturated carbocycles. The van der Waals surface area contributed by atoms with Crippen LogP contribution in [0.4, 0.5) is 40.6 Å². The van der Waals surface area contributed by atoms with Crippen molar-refractivity contribution in [3.05, 3.63) is 30.3 Å². The first kappa shape index (κ1) is 37.5. The monoisotopic (exact) mass is 601 g/mol. The van der Waals surface area contributed by atoms with Crippen molar-refractivity contribution in [3.8, 4) is 0 Å². The van der Waals surface area contributed by atoms with Crippen molar-refractivity contribution in [2.24, 2.45) is 0 Å². The van der Waals surface area contributed by atoms with Gasteiger partial charge in [-0.05, 0) is 14.1 Å². The van der Waals surface area contributed by atoms with E-state index in [1.165, 1.54) is 14.1 Å². The molecule has 19 nitrogen and oxygen atoms in total. The summed E-state index contributed by atoms with van der Waals surface area (Å²) in [5, 5.41) is 19.3. The molecule has 0 radical (unpaired) electrons. The van der Waals surface area contributed by atoms with Crippen molar-refractivity contribution in [2.75, 3.05) is 61.4 Å². The topological polar surface area (TPSA) is 182 Å². The summed E-state index contributed by atoms with van der Waals surface area (Å²) in [5.74, 6) is 0. The SMILES string of the molecule is CN(C)CC(CN(C)[N+](=O)[O-])(N(F)F)N(F)F.CN(CC(CN(C)[N+](=O)[O-])(N(F)F)N(F)F)C(=O)O[N+](=O)[O-]. The molecule has 0 aromatic carbocycles. The molecule has 0 aromatic heterocycles. The van der Waals surface area contributed by atoms with E-state index in [0.717, 1.165) is 11.9 Å². The normalized spacial score (nSPS) is 11.9. The van der Waals surface area contributed by atoms with Crippen molar-refractivity contribution >= 4 is 6.09 Å². The Hall–Kier alpha value is -3.69. The number of nitrogens with zero attached hydrogens (tertiary/aromatic N) is 11. The second kappa shape index (κ2) is 15.7. The minimum atomic E-state index is -3.62. The molecule has 0 fully saturated rings. The largest absolute Gasteiger partial charge is 0.398 e. The number of rotatable bonds is 15. The molecular formula is C12H23F8N11O8. The number of hydrazine groups is 2. The molecule has 0 atom stereocenters. The van der Waals surface area contributed by atoms with Crippen LogP contribution in [0.25, 0.3) is 0 Å². The summed E-state index contributed by atoms with van der Waals surface area (Å²) in [5.41, 5.74) is -6.68. The Morgan fingerprint density at radius 3 is 1.18 bits per heavy atom. The Kier molecular flexibility index (Phi) is 15.0. The Morgan fingerprint density at radius 1 is 0.641 bits per heavy atom. The lowest BCUT2D eigenvalue weighted by molar-refractivity contribution is -0.729. The second-order valence-electron chi connectivity index (χ2n) is 7.68. The van der Waals surface area contributed by atoms with Gasteiger partial charge in [0.25, 0.3) is 0 Å². The van der Waals surface area contributed by atoms with Gasteiger partial charge in [-0.15, -0.1) is 20.1 Å². The molecule has 0 aliphatic carbocycles. The third kappa shape index (κ3) is 11.3. The molecule has 39 heavy (non-hydrogen) atoms. The minimum absolute atomic E-state index is 0.0366. The highest BCUT2D eigenvalue weighted by atomic mass is 19.4. The first-order valence-corrected chi connectivity index (χ1v) is 9.47. The zero-order valence-electron chi connectivity index (χ0n) is 20.5. The van der Waals surface area contributed by atoms with Crippen LogP contribution in [0.2, 0.25) is 0 Å². The van der Waals surface area contributed by atoms with Gasteiger partial charge >= 0.3 is 11.2 Å². The Balaban J connectivity index is 0. The van der Waals surface area contributed by atoms with Crippen LogP contribution >= 0.6 is 0 Å². The molecule has 1 amide bonds. The molecular weight excluding hydrogens is 578 g/mol. The quantitative estimate of drug-likeness (QED) is 0.0841. The van der Waals surface area contributed by atoms with Crippen LogP contribution in [-0.2, 0) is 4.84 Å². The molecule has 0 aliphatic heterocycles. The van der Waals surface area contributed by atoms with Gasteiger partial charge in [-0.25, -0.2) is 29.9 Å². The summed E-state index contributed by atoms with van der Waals surface area (Å²) in [7, 11) is 4.72. The summed E-state index contributed by atoms with van der Waals surface area (Å²) < 4.78 is 102. The van der Waals surface area contributed by atoms with E-state index < -0.39 is 80.1 Å². The van der Waals surface area contributed by atoms with E-state index in [9.17, 15) is 71.0 Å². The first-order valence-electron chi connectivity index (χ1n) is 9.47. The number of halogens is 8. The molecule has 27 heteroatoms. The summed E-state index contributed by atoms with van der Waals surface area (Å²) in [6.45, 7) is -5.04. The van der Waals surface area contributed by atoms with E-state index in [1.807, 2.05) is 0 Å². The van der Waals surface area contributed by atoms with Crippen LogP contribution in [0.15, 0.2) is 0 Å². The smallest absolute Gasteiger partial charge is 0.319 e. The molecule has 0 aliphatic rings. The number of carbonyl (C=O) groups excluding carboxylic acids is 1. The Bertz CT molecular complexity index is 814. The van der Waals surface area contributed by atoms with Gasteiger partial charge in [0.2, 0.25) is 11.3 Å². The second-order valence-corrected chi connectivity index (χ2v) is 7.68. The lowest BCUT2D eigenvalue weighted by Gasteiger charge is -2.35. The summed E-state index contributed by atoms with van der Waals surface area (Å²) in [4.78, 5) is 46.2. The molecule has 0 spiro atoms. The lowest BCUT2D eigenvalue weighted by atomic mass is 10.1. The lowest BCUT2D eigenvalue weighted by Crippen LogP contribution is -2.62. The van der Waals surface area contributed by atoms with Gasteiger partial charge < -0.3 is 9.80 Å². The number of nitro groups is 2. The van der Waals surface area contributed by atoms with Gasteiger partial charge in [-0.1, -0.05) is 35.9 Å². The van der Waals surface area contributed by atoms with E-state index >= 15 is 0 Å². The molecule has 230 valence electrons. The van der Waals surface area contributed by atoms with Crippen molar-refractivity contribution in [1.29, 1.82) is 0 Å². The van der Waals surface area contributed by atoms with Crippen LogP contribution < -0.4 is 0 Å². The van der Waals surface area contributed by atoms with Crippen LogP contribution in [0, 0.1) is 30.3 Å². The van der Waals surface area contributed by atoms with Gasteiger partial charge in [0, 0.05) is 13.6 Å². The predicted molar refractivity (Wildman–Crippen MR) is 106 cm³/mol. The van der Waals surface area contributed by atoms with Crippen molar-refractivity contribution in [2.45, 2.75) is 11.3 Å². The maximum Gasteiger partial charge on any atom is 0.398 e. The van der Waals surface area contributed by atoms with E-state index in [2.05, 4.69) is 4.84 Å². The maximum atomic E-state index is 12.9. The van der Waals surface area contributed by atoms with Crippen LogP contribution in [0.1, 0.15) is 0 Å². The third-order valence-electron chi connectivity index (χ3n) is 4.30. The number of amides is 1. The average molecular weight is 601 g/mol. The summed E-state index contributed by atoms with van der Waals surface area (Å²) >= 11 is 0. The zero-order chi connectivity index (χ0) is 31.5. The maximum absolute atomic E-state index is 12.9. The van der Waals surface area contributed by atoms with Gasteiger partial charge in [-0.3, -0.25) is 0 Å². The highest BCUT2D eigenvalue weighted by Gasteiger charge is 2.53. The third-order valence-corrected chi connectivity index (χ3v) is 4.30. The van der Waals surface area contributed by atoms with E-state index in [0.29, 0.717) is 14.1 Å². The van der Waals surface area contributed by atoms with Gasteiger partial charge in [0.05, 0.1) is 42.0 Å². The minimum Gasteiger partial charge on any atom is -0.319 e. The van der Waals surface area contributed by atoms with E-state index in [-0.39, 0.29) is 14.9 Å². The number of carbonyl (C=O) groups is 1. The average Bonchev–Trinajstić information content (AvgIpc) is 2.76. The highest BCUT2D eigenvalue weighted by Crippen LogP contribution is 2.27. The van der Waals surface area contributed by atoms with E-state index in [1.54, 1.807) is 0 Å². The Labute approximate surface area is 212 Å². The van der Waals surface area contributed by atoms with Crippen LogP contribution in [0.5, 0.6) is 0 Å². The molecule has 0 aromatic rings. The van der Waals surface area contributed by atoms with Crippen molar-refractivity contribution in [1.82, 2.24) is 41.2 Å². The highest BCUT2D eigenvalue weighted by molar-refractivity contribution is 5.66. The van der Waals surface area contributed by atoms with Gasteiger partial charge in [0.15, 0.2) is 10.1 Å². The fourth-order valence-electron chi connectivity index (χ4n) is 2.57. The number of hydrogen-bond donors (Lipinski definition) is 0. The standard InChI is InChI=1S/C6H10F4N6O6.C6H13F4N5O2/c1-11(5(17)22-16(20)21)3-6(13(7)8,14(9)10)4-12(2)15(18)19;1-11(2)4-6(13(7)8,14(9)10)5-12(3)15(16)17/h3-4H2,1-2H3;4-5H2,1-3H3. The fourth-order valence-corrected chi connectivity index (χ4v) is 2.57. The number of hydrogen-bond acceptors (Lipinski definition) is 13. The predicted octanol–water partition coefficient (Wildman–Crippen LogP) is 0.718. The molecule has 0 rings (SSSR count). The molecule has 0 unspecified atom stereocenters. The van der Waals surface area contributed by atoms with Crippen molar-refractivity contribution < 1.29 is 60.6 Å². The van der Waals surface area contributed by atoms with Crippen LogP contribution in [0.3, 0.4) is 0 Å². The number of likely N-dealkylation sites (N-methyl/N-ethyl adjacent to an activating group) is 4. The summed E-state index contributed by atoms with van der Waals surface area (Å²) in [6.07, 6.45) is -1.82. The fraction of sp³-hybridized carbons (Fsp3) is 0.917. The molecule has 0 saturated heterocycles. The molecule has 0 N–H and O–H groups in total. The zero-order valence-corrected chi connectivity index (χ0v) is 20.5. The molecule has 0 bridgehead atoms.